The zero-order valence-electron chi connectivity index (χ0n) is 15.8. The molecule has 6 heteroatoms. The molecule has 4 rings (SSSR count). The van der Waals surface area contributed by atoms with Crippen LogP contribution in [0.2, 0.25) is 0 Å². The molecule has 0 unspecified atom stereocenters. The minimum atomic E-state index is -1.03. The molecule has 6 nitrogen and oxygen atoms in total. The van der Waals surface area contributed by atoms with Gasteiger partial charge in [-0.2, -0.15) is 5.10 Å². The third-order valence-corrected chi connectivity index (χ3v) is 5.39. The van der Waals surface area contributed by atoms with Gasteiger partial charge < -0.3 is 15.2 Å². The van der Waals surface area contributed by atoms with Crippen molar-refractivity contribution in [2.45, 2.75) is 51.4 Å². The monoisotopic (exact) mass is 379 g/mol. The van der Waals surface area contributed by atoms with E-state index < -0.39 is 5.97 Å². The van der Waals surface area contributed by atoms with Gasteiger partial charge in [0, 0.05) is 17.6 Å². The second kappa shape index (κ2) is 8.44. The zero-order chi connectivity index (χ0) is 19.3. The van der Waals surface area contributed by atoms with Crippen LogP contribution in [0.5, 0.6) is 0 Å². The van der Waals surface area contributed by atoms with Crippen molar-refractivity contribution in [1.82, 2.24) is 10.2 Å². The summed E-state index contributed by atoms with van der Waals surface area (Å²) < 4.78 is 6.15. The fraction of sp³-hybridized carbons (Fsp3) is 0.364. The van der Waals surface area contributed by atoms with Gasteiger partial charge in [0.25, 0.3) is 0 Å². The van der Waals surface area contributed by atoms with E-state index in [4.69, 9.17) is 4.74 Å². The van der Waals surface area contributed by atoms with E-state index in [1.54, 1.807) is 0 Å². The van der Waals surface area contributed by atoms with Crippen molar-refractivity contribution in [2.24, 2.45) is 0 Å². The summed E-state index contributed by atoms with van der Waals surface area (Å²) in [6.07, 6.45) is 6.57. The van der Waals surface area contributed by atoms with Crippen LogP contribution in [0.25, 0.3) is 10.9 Å². The molecule has 3 N–H and O–H groups in total. The van der Waals surface area contributed by atoms with Gasteiger partial charge >= 0.3 is 5.97 Å². The molecule has 2 aromatic carbocycles. The van der Waals surface area contributed by atoms with E-state index in [0.717, 1.165) is 18.5 Å². The summed E-state index contributed by atoms with van der Waals surface area (Å²) in [4.78, 5) is 11.3. The number of aromatic amines is 1. The zero-order valence-corrected chi connectivity index (χ0v) is 15.8. The molecule has 1 fully saturated rings. The van der Waals surface area contributed by atoms with E-state index in [9.17, 15) is 9.90 Å². The van der Waals surface area contributed by atoms with Crippen LogP contribution in [0.1, 0.15) is 53.7 Å². The second-order valence-corrected chi connectivity index (χ2v) is 7.33. The molecule has 0 aliphatic heterocycles. The number of rotatable bonds is 7. The molecule has 28 heavy (non-hydrogen) atoms. The Balaban J connectivity index is 1.44. The molecule has 1 heterocycles. The van der Waals surface area contributed by atoms with Crippen LogP contribution in [0.15, 0.2) is 42.5 Å². The van der Waals surface area contributed by atoms with E-state index in [-0.39, 0.29) is 5.69 Å². The number of hydrogen-bond donors (Lipinski definition) is 3. The number of nitrogens with one attached hydrogen (secondary N) is 2. The van der Waals surface area contributed by atoms with Crippen LogP contribution in [0, 0.1) is 0 Å². The van der Waals surface area contributed by atoms with Crippen LogP contribution < -0.4 is 5.32 Å². The van der Waals surface area contributed by atoms with E-state index in [1.165, 1.54) is 30.4 Å². The second-order valence-electron chi connectivity index (χ2n) is 7.33. The number of hydrogen-bond acceptors (Lipinski definition) is 4. The first kappa shape index (κ1) is 18.5. The Hall–Kier alpha value is -2.86. The molecular weight excluding hydrogens is 354 g/mol. The number of aromatic nitrogens is 2. The number of aromatic carboxylic acids is 1. The number of nitrogens with zero attached hydrogens (tertiary/aromatic N) is 1. The fourth-order valence-electron chi connectivity index (χ4n) is 3.79. The molecule has 1 aromatic heterocycles. The third kappa shape index (κ3) is 4.17. The average molecular weight is 379 g/mol. The highest BCUT2D eigenvalue weighted by Gasteiger charge is 2.15. The van der Waals surface area contributed by atoms with Gasteiger partial charge in [0.05, 0.1) is 18.2 Å². The topological polar surface area (TPSA) is 87.2 Å². The van der Waals surface area contributed by atoms with Gasteiger partial charge in [-0.25, -0.2) is 4.79 Å². The standard InChI is InChI=1S/C22H25N3O3/c26-22(27)21-19-12-17(10-11-20(19)24-25-21)23-13-15-6-4-5-7-16(15)14-28-18-8-2-1-3-9-18/h4-7,10-12,18,23H,1-3,8-9,13-14H2,(H,24,25)(H,26,27). The van der Waals surface area contributed by atoms with E-state index in [2.05, 4.69) is 27.6 Å². The lowest BCUT2D eigenvalue weighted by Crippen LogP contribution is -2.17. The highest BCUT2D eigenvalue weighted by Crippen LogP contribution is 2.24. The molecule has 146 valence electrons. The van der Waals surface area contributed by atoms with Crippen molar-refractivity contribution in [2.75, 3.05) is 5.32 Å². The molecular formula is C22H25N3O3. The van der Waals surface area contributed by atoms with Gasteiger partial charge in [0.1, 0.15) is 0 Å². The minimum Gasteiger partial charge on any atom is -0.476 e. The molecule has 0 spiro atoms. The van der Waals surface area contributed by atoms with Crippen molar-refractivity contribution in [1.29, 1.82) is 0 Å². The first-order chi connectivity index (χ1) is 13.7. The lowest BCUT2D eigenvalue weighted by atomic mass is 9.98. The maximum atomic E-state index is 11.3. The summed E-state index contributed by atoms with van der Waals surface area (Å²) in [5, 5.41) is 19.9. The first-order valence-corrected chi connectivity index (χ1v) is 9.84. The molecule has 0 bridgehead atoms. The van der Waals surface area contributed by atoms with E-state index in [0.29, 0.717) is 30.2 Å². The number of benzene rings is 2. The van der Waals surface area contributed by atoms with Crippen LogP contribution in [-0.2, 0) is 17.9 Å². The maximum Gasteiger partial charge on any atom is 0.357 e. The maximum absolute atomic E-state index is 11.3. The van der Waals surface area contributed by atoms with Gasteiger partial charge in [0.2, 0.25) is 0 Å². The highest BCUT2D eigenvalue weighted by molar-refractivity contribution is 6.01. The Bertz CT molecular complexity index is 961. The van der Waals surface area contributed by atoms with Crippen LogP contribution in [0.4, 0.5) is 5.69 Å². The summed E-state index contributed by atoms with van der Waals surface area (Å²) >= 11 is 0. The lowest BCUT2D eigenvalue weighted by molar-refractivity contribution is 0.0166. The minimum absolute atomic E-state index is 0.0416. The van der Waals surface area contributed by atoms with Gasteiger partial charge in [-0.3, -0.25) is 5.10 Å². The summed E-state index contributed by atoms with van der Waals surface area (Å²) in [6, 6.07) is 13.9. The predicted octanol–water partition coefficient (Wildman–Crippen LogP) is 4.72. The highest BCUT2D eigenvalue weighted by atomic mass is 16.5. The molecule has 1 saturated carbocycles. The molecule has 3 aromatic rings. The number of anilines is 1. The average Bonchev–Trinajstić information content (AvgIpc) is 3.15. The van der Waals surface area contributed by atoms with Crippen LogP contribution in [-0.4, -0.2) is 27.4 Å². The van der Waals surface area contributed by atoms with E-state index in [1.807, 2.05) is 30.3 Å². The van der Waals surface area contributed by atoms with Gasteiger partial charge in [0.15, 0.2) is 5.69 Å². The lowest BCUT2D eigenvalue weighted by Gasteiger charge is -2.22. The summed E-state index contributed by atoms with van der Waals surface area (Å²) in [5.41, 5.74) is 3.99. The van der Waals surface area contributed by atoms with Gasteiger partial charge in [-0.05, 0) is 42.2 Å². The van der Waals surface area contributed by atoms with Crippen molar-refractivity contribution >= 4 is 22.6 Å². The van der Waals surface area contributed by atoms with Crippen molar-refractivity contribution < 1.29 is 14.6 Å². The quantitative estimate of drug-likeness (QED) is 0.553. The Labute approximate surface area is 163 Å². The summed E-state index contributed by atoms with van der Waals surface area (Å²) in [6.45, 7) is 1.28. The van der Waals surface area contributed by atoms with Gasteiger partial charge in [-0.15, -0.1) is 0 Å². The number of carboxylic acid groups (broad SMARTS) is 1. The smallest absolute Gasteiger partial charge is 0.357 e. The van der Waals surface area contributed by atoms with Crippen molar-refractivity contribution in [3.63, 3.8) is 0 Å². The molecule has 0 amide bonds. The predicted molar refractivity (Wildman–Crippen MR) is 108 cm³/mol. The third-order valence-electron chi connectivity index (χ3n) is 5.39. The Kier molecular flexibility index (Phi) is 5.58. The molecule has 1 aliphatic rings. The Morgan fingerprint density at radius 3 is 2.71 bits per heavy atom. The first-order valence-electron chi connectivity index (χ1n) is 9.84. The molecule has 1 aliphatic carbocycles. The summed E-state index contributed by atoms with van der Waals surface area (Å²) in [5.74, 6) is -1.03. The number of H-pyrrole nitrogens is 1. The number of carbonyl (C=O) groups is 1. The fourth-order valence-corrected chi connectivity index (χ4v) is 3.79. The molecule has 0 radical (unpaired) electrons. The molecule has 0 atom stereocenters. The summed E-state index contributed by atoms with van der Waals surface area (Å²) in [7, 11) is 0. The van der Waals surface area contributed by atoms with Crippen molar-refractivity contribution in [3.05, 3.63) is 59.3 Å². The Morgan fingerprint density at radius 1 is 1.14 bits per heavy atom. The molecule has 0 saturated heterocycles. The number of fused-ring (bicyclic) bond motifs is 1. The Morgan fingerprint density at radius 2 is 1.93 bits per heavy atom. The van der Waals surface area contributed by atoms with Crippen LogP contribution in [0.3, 0.4) is 0 Å². The number of ether oxygens (including phenoxy) is 1. The van der Waals surface area contributed by atoms with Crippen LogP contribution >= 0.6 is 0 Å². The van der Waals surface area contributed by atoms with Crippen molar-refractivity contribution in [3.8, 4) is 0 Å². The SMILES string of the molecule is O=C(O)c1n[nH]c2ccc(NCc3ccccc3COC3CCCCC3)cc12. The number of carboxylic acids is 1. The van der Waals surface area contributed by atoms with Gasteiger partial charge in [-0.1, -0.05) is 43.5 Å². The normalized spacial score (nSPS) is 15.0. The largest absolute Gasteiger partial charge is 0.476 e. The van der Waals surface area contributed by atoms with E-state index >= 15 is 0 Å².